The molecule has 1 heterocycles. The Hall–Kier alpha value is -3.31. The van der Waals surface area contributed by atoms with E-state index in [-0.39, 0.29) is 5.70 Å². The number of benzene rings is 2. The number of nitrogens with one attached hydrogen (secondary N) is 2. The topological polar surface area (TPSA) is 71.3 Å². The number of carbonyl (C=O) groups excluding carboxylic acids is 2. The summed E-state index contributed by atoms with van der Waals surface area (Å²) in [6.07, 6.45) is 2.93. The van der Waals surface area contributed by atoms with Crippen molar-refractivity contribution < 1.29 is 14.0 Å². The van der Waals surface area contributed by atoms with Crippen molar-refractivity contribution in [3.8, 4) is 0 Å². The van der Waals surface area contributed by atoms with Crippen LogP contribution in [0.15, 0.2) is 83.1 Å². The first-order valence-corrected chi connectivity index (χ1v) is 8.19. The van der Waals surface area contributed by atoms with Crippen molar-refractivity contribution in [1.82, 2.24) is 5.32 Å². The fourth-order valence-corrected chi connectivity index (χ4v) is 2.39. The van der Waals surface area contributed by atoms with Crippen LogP contribution in [0.1, 0.15) is 16.1 Å². The molecule has 130 valence electrons. The molecule has 0 radical (unpaired) electrons. The number of rotatable bonds is 5. The molecule has 2 N–H and O–H groups in total. The van der Waals surface area contributed by atoms with Crippen LogP contribution in [0, 0.1) is 0 Å². The molecule has 2 aromatic carbocycles. The summed E-state index contributed by atoms with van der Waals surface area (Å²) < 4.78 is 5.24. The molecule has 0 spiro atoms. The highest BCUT2D eigenvalue weighted by molar-refractivity contribution is 6.34. The maximum absolute atomic E-state index is 12.7. The normalized spacial score (nSPS) is 11.0. The van der Waals surface area contributed by atoms with E-state index in [2.05, 4.69) is 10.6 Å². The summed E-state index contributed by atoms with van der Waals surface area (Å²) in [7, 11) is 0. The summed E-state index contributed by atoms with van der Waals surface area (Å²) >= 11 is 6.08. The van der Waals surface area contributed by atoms with E-state index >= 15 is 0 Å². The molecule has 3 rings (SSSR count). The Morgan fingerprint density at radius 1 is 0.923 bits per heavy atom. The standard InChI is InChI=1S/C20H15ClN2O3/c21-16-10-4-5-11-17(16)22-20(25)18(13-15-9-6-12-26-15)23-19(24)14-7-2-1-3-8-14/h1-13H,(H,22,25)(H,23,24). The van der Waals surface area contributed by atoms with Gasteiger partial charge in [-0.15, -0.1) is 0 Å². The zero-order valence-corrected chi connectivity index (χ0v) is 14.4. The van der Waals surface area contributed by atoms with Crippen molar-refractivity contribution in [3.63, 3.8) is 0 Å². The molecule has 3 aromatic rings. The number of amides is 2. The van der Waals surface area contributed by atoms with E-state index in [0.717, 1.165) is 0 Å². The monoisotopic (exact) mass is 366 g/mol. The largest absolute Gasteiger partial charge is 0.465 e. The zero-order chi connectivity index (χ0) is 18.4. The Bertz CT molecular complexity index is 935. The molecule has 2 amide bonds. The van der Waals surface area contributed by atoms with E-state index in [0.29, 0.717) is 22.0 Å². The predicted octanol–water partition coefficient (Wildman–Crippen LogP) is 4.34. The van der Waals surface area contributed by atoms with Gasteiger partial charge in [-0.05, 0) is 36.4 Å². The molecule has 6 heteroatoms. The first-order chi connectivity index (χ1) is 12.6. The highest BCUT2D eigenvalue weighted by atomic mass is 35.5. The minimum atomic E-state index is -0.515. The van der Waals surface area contributed by atoms with Gasteiger partial charge in [0, 0.05) is 11.6 Å². The smallest absolute Gasteiger partial charge is 0.272 e. The Morgan fingerprint density at radius 2 is 1.65 bits per heavy atom. The first kappa shape index (κ1) is 17.5. The van der Waals surface area contributed by atoms with Gasteiger partial charge in [-0.3, -0.25) is 9.59 Å². The van der Waals surface area contributed by atoms with Gasteiger partial charge in [0.15, 0.2) is 0 Å². The number of hydrogen-bond acceptors (Lipinski definition) is 3. The van der Waals surface area contributed by atoms with Gasteiger partial charge in [0.1, 0.15) is 11.5 Å². The van der Waals surface area contributed by atoms with Gasteiger partial charge < -0.3 is 15.1 Å². The van der Waals surface area contributed by atoms with Crippen molar-refractivity contribution >= 4 is 35.2 Å². The molecule has 0 saturated carbocycles. The van der Waals surface area contributed by atoms with E-state index in [1.807, 2.05) is 0 Å². The zero-order valence-electron chi connectivity index (χ0n) is 13.6. The lowest BCUT2D eigenvalue weighted by Gasteiger charge is -2.11. The summed E-state index contributed by atoms with van der Waals surface area (Å²) in [6.45, 7) is 0. The molecule has 1 aromatic heterocycles. The Balaban J connectivity index is 1.85. The molecule has 0 aliphatic heterocycles. The van der Waals surface area contributed by atoms with E-state index in [1.165, 1.54) is 12.3 Å². The molecule has 5 nitrogen and oxygen atoms in total. The molecule has 26 heavy (non-hydrogen) atoms. The molecule has 0 unspecified atom stereocenters. The Morgan fingerprint density at radius 3 is 2.35 bits per heavy atom. The molecule has 0 aliphatic carbocycles. The van der Waals surface area contributed by atoms with Gasteiger partial charge in [-0.25, -0.2) is 0 Å². The number of hydrogen-bond donors (Lipinski definition) is 2. The van der Waals surface area contributed by atoms with E-state index in [1.54, 1.807) is 66.7 Å². The number of anilines is 1. The van der Waals surface area contributed by atoms with E-state index < -0.39 is 11.8 Å². The van der Waals surface area contributed by atoms with Crippen molar-refractivity contribution in [2.45, 2.75) is 0 Å². The van der Waals surface area contributed by atoms with E-state index in [9.17, 15) is 9.59 Å². The van der Waals surface area contributed by atoms with Gasteiger partial charge in [0.2, 0.25) is 0 Å². The van der Waals surface area contributed by atoms with Crippen molar-refractivity contribution in [2.24, 2.45) is 0 Å². The molecule has 0 saturated heterocycles. The average Bonchev–Trinajstić information content (AvgIpc) is 3.17. The Labute approximate surface area is 155 Å². The van der Waals surface area contributed by atoms with Crippen LogP contribution < -0.4 is 10.6 Å². The lowest BCUT2D eigenvalue weighted by molar-refractivity contribution is -0.113. The fraction of sp³-hybridized carbons (Fsp3) is 0. The second kappa shape index (κ2) is 8.18. The second-order valence-electron chi connectivity index (χ2n) is 5.33. The number of furan rings is 1. The summed E-state index contributed by atoms with van der Waals surface area (Å²) in [5.41, 5.74) is 0.913. The summed E-state index contributed by atoms with van der Waals surface area (Å²) in [5, 5.41) is 5.70. The van der Waals surface area contributed by atoms with Crippen LogP contribution in [0.2, 0.25) is 5.02 Å². The molecule has 0 fully saturated rings. The number of halogens is 1. The highest BCUT2D eigenvalue weighted by Gasteiger charge is 2.16. The first-order valence-electron chi connectivity index (χ1n) is 7.81. The minimum Gasteiger partial charge on any atom is -0.465 e. The van der Waals surface area contributed by atoms with Gasteiger partial charge in [0.05, 0.1) is 17.0 Å². The van der Waals surface area contributed by atoms with Crippen LogP contribution >= 0.6 is 11.6 Å². The maximum atomic E-state index is 12.7. The fourth-order valence-electron chi connectivity index (χ4n) is 2.21. The quantitative estimate of drug-likeness (QED) is 0.660. The van der Waals surface area contributed by atoms with Crippen molar-refractivity contribution in [1.29, 1.82) is 0 Å². The highest BCUT2D eigenvalue weighted by Crippen LogP contribution is 2.21. The Kier molecular flexibility index (Phi) is 5.51. The number of para-hydroxylation sites is 1. The second-order valence-corrected chi connectivity index (χ2v) is 5.73. The third-order valence-electron chi connectivity index (χ3n) is 3.48. The third kappa shape index (κ3) is 4.40. The lowest BCUT2D eigenvalue weighted by Crippen LogP contribution is -2.30. The SMILES string of the molecule is O=C(Nc1ccccc1Cl)C(=Cc1ccco1)NC(=O)c1ccccc1. The molecule has 0 aliphatic rings. The molecule has 0 bridgehead atoms. The third-order valence-corrected chi connectivity index (χ3v) is 3.81. The van der Waals surface area contributed by atoms with E-state index in [4.69, 9.17) is 16.0 Å². The average molecular weight is 367 g/mol. The minimum absolute atomic E-state index is 0.0359. The van der Waals surface area contributed by atoms with Gasteiger partial charge >= 0.3 is 0 Å². The summed E-state index contributed by atoms with van der Waals surface area (Å²) in [4.78, 5) is 25.1. The summed E-state index contributed by atoms with van der Waals surface area (Å²) in [5.74, 6) is -0.487. The predicted molar refractivity (Wildman–Crippen MR) is 101 cm³/mol. The molecule has 0 atom stereocenters. The van der Waals surface area contributed by atoms with Gasteiger partial charge in [0.25, 0.3) is 11.8 Å². The van der Waals surface area contributed by atoms with Crippen LogP contribution in [0.3, 0.4) is 0 Å². The number of carbonyl (C=O) groups is 2. The van der Waals surface area contributed by atoms with Crippen LogP contribution in [0.25, 0.3) is 6.08 Å². The molecular weight excluding hydrogens is 352 g/mol. The molecular formula is C20H15ClN2O3. The summed E-state index contributed by atoms with van der Waals surface area (Å²) in [6, 6.07) is 18.8. The van der Waals surface area contributed by atoms with Crippen LogP contribution in [-0.2, 0) is 4.79 Å². The van der Waals surface area contributed by atoms with Crippen LogP contribution in [0.5, 0.6) is 0 Å². The van der Waals surface area contributed by atoms with Crippen molar-refractivity contribution in [2.75, 3.05) is 5.32 Å². The van der Waals surface area contributed by atoms with Crippen LogP contribution in [0.4, 0.5) is 5.69 Å². The maximum Gasteiger partial charge on any atom is 0.272 e. The van der Waals surface area contributed by atoms with Crippen LogP contribution in [-0.4, -0.2) is 11.8 Å². The lowest BCUT2D eigenvalue weighted by atomic mass is 10.2. The van der Waals surface area contributed by atoms with Crippen molar-refractivity contribution in [3.05, 3.63) is 95.0 Å². The van der Waals surface area contributed by atoms with Gasteiger partial charge in [-0.2, -0.15) is 0 Å². The van der Waals surface area contributed by atoms with Gasteiger partial charge in [-0.1, -0.05) is 41.9 Å².